The van der Waals surface area contributed by atoms with Gasteiger partial charge in [-0.25, -0.2) is 0 Å². The van der Waals surface area contributed by atoms with Crippen molar-refractivity contribution in [1.29, 1.82) is 0 Å². The Morgan fingerprint density at radius 2 is 2.43 bits per heavy atom. The van der Waals surface area contributed by atoms with Gasteiger partial charge >= 0.3 is 0 Å². The highest BCUT2D eigenvalue weighted by molar-refractivity contribution is 5.75. The molecule has 4 nitrogen and oxygen atoms in total. The lowest BCUT2D eigenvalue weighted by Crippen LogP contribution is -2.38. The smallest absolute Gasteiger partial charge is 0.220 e. The van der Waals surface area contributed by atoms with E-state index in [1.54, 1.807) is 0 Å². The average Bonchev–Trinajstić information content (AvgIpc) is 2.58. The molecular formula is C10H20N2O2. The van der Waals surface area contributed by atoms with E-state index < -0.39 is 0 Å². The summed E-state index contributed by atoms with van der Waals surface area (Å²) in [6.07, 6.45) is 3.41. The Hall–Kier alpha value is -0.610. The molecule has 0 spiro atoms. The molecule has 0 aromatic heterocycles. The number of amides is 1. The Labute approximate surface area is 85.3 Å². The minimum Gasteiger partial charge on any atom is -0.396 e. The van der Waals surface area contributed by atoms with Gasteiger partial charge in [-0.15, -0.1) is 0 Å². The van der Waals surface area contributed by atoms with Gasteiger partial charge in [-0.2, -0.15) is 0 Å². The zero-order valence-corrected chi connectivity index (χ0v) is 8.83. The van der Waals surface area contributed by atoms with Crippen molar-refractivity contribution in [2.24, 2.45) is 0 Å². The van der Waals surface area contributed by atoms with Gasteiger partial charge in [0.2, 0.25) is 5.91 Å². The van der Waals surface area contributed by atoms with Gasteiger partial charge in [0, 0.05) is 25.6 Å². The molecule has 0 aromatic rings. The second-order valence-electron chi connectivity index (χ2n) is 3.91. The fourth-order valence-corrected chi connectivity index (χ4v) is 1.80. The SMILES string of the molecule is CN1CCCC1CNC(=O)CCCO. The largest absolute Gasteiger partial charge is 0.396 e. The molecule has 1 atom stereocenters. The number of nitrogens with one attached hydrogen (secondary N) is 1. The first-order chi connectivity index (χ1) is 6.74. The maximum atomic E-state index is 11.2. The van der Waals surface area contributed by atoms with Crippen LogP contribution in [-0.4, -0.2) is 48.7 Å². The summed E-state index contributed by atoms with van der Waals surface area (Å²) in [7, 11) is 2.09. The molecule has 1 unspecified atom stereocenters. The van der Waals surface area contributed by atoms with Crippen molar-refractivity contribution in [3.63, 3.8) is 0 Å². The Bertz CT molecular complexity index is 185. The van der Waals surface area contributed by atoms with E-state index in [9.17, 15) is 4.79 Å². The molecule has 4 heteroatoms. The second kappa shape index (κ2) is 5.98. The van der Waals surface area contributed by atoms with Crippen molar-refractivity contribution in [2.45, 2.75) is 31.7 Å². The monoisotopic (exact) mass is 200 g/mol. The number of likely N-dealkylation sites (N-methyl/N-ethyl adjacent to an activating group) is 1. The highest BCUT2D eigenvalue weighted by Crippen LogP contribution is 2.13. The van der Waals surface area contributed by atoms with Gasteiger partial charge in [0.05, 0.1) is 0 Å². The normalized spacial score (nSPS) is 22.6. The molecule has 0 saturated carbocycles. The van der Waals surface area contributed by atoms with Crippen LogP contribution in [0.5, 0.6) is 0 Å². The van der Waals surface area contributed by atoms with E-state index in [-0.39, 0.29) is 12.5 Å². The minimum absolute atomic E-state index is 0.0550. The molecule has 1 saturated heterocycles. The highest BCUT2D eigenvalue weighted by atomic mass is 16.3. The van der Waals surface area contributed by atoms with Gasteiger partial charge in [-0.1, -0.05) is 0 Å². The third-order valence-corrected chi connectivity index (χ3v) is 2.77. The second-order valence-corrected chi connectivity index (χ2v) is 3.91. The zero-order valence-electron chi connectivity index (χ0n) is 8.83. The molecule has 1 amide bonds. The lowest BCUT2D eigenvalue weighted by molar-refractivity contribution is -0.121. The number of carbonyl (C=O) groups excluding carboxylic acids is 1. The zero-order chi connectivity index (χ0) is 10.4. The van der Waals surface area contributed by atoms with Crippen LogP contribution in [0.25, 0.3) is 0 Å². The molecule has 0 aromatic carbocycles. The van der Waals surface area contributed by atoms with E-state index in [1.807, 2.05) is 0 Å². The van der Waals surface area contributed by atoms with Crippen LogP contribution in [0.4, 0.5) is 0 Å². The van der Waals surface area contributed by atoms with Crippen molar-refractivity contribution >= 4 is 5.91 Å². The topological polar surface area (TPSA) is 52.6 Å². The van der Waals surface area contributed by atoms with Crippen LogP contribution in [0.15, 0.2) is 0 Å². The third kappa shape index (κ3) is 3.64. The Balaban J connectivity index is 2.10. The molecule has 82 valence electrons. The number of rotatable bonds is 5. The first-order valence-corrected chi connectivity index (χ1v) is 5.32. The quantitative estimate of drug-likeness (QED) is 0.655. The van der Waals surface area contributed by atoms with Crippen molar-refractivity contribution in [1.82, 2.24) is 10.2 Å². The number of nitrogens with zero attached hydrogens (tertiary/aromatic N) is 1. The van der Waals surface area contributed by atoms with Crippen LogP contribution < -0.4 is 5.32 Å². The van der Waals surface area contributed by atoms with Gasteiger partial charge in [0.15, 0.2) is 0 Å². The van der Waals surface area contributed by atoms with E-state index >= 15 is 0 Å². The van der Waals surface area contributed by atoms with E-state index in [2.05, 4.69) is 17.3 Å². The predicted molar refractivity (Wildman–Crippen MR) is 55.0 cm³/mol. The lowest BCUT2D eigenvalue weighted by atomic mass is 10.2. The van der Waals surface area contributed by atoms with Gasteiger partial charge in [0.25, 0.3) is 0 Å². The fourth-order valence-electron chi connectivity index (χ4n) is 1.80. The predicted octanol–water partition coefficient (Wildman–Crippen LogP) is -0.0307. The summed E-state index contributed by atoms with van der Waals surface area (Å²) >= 11 is 0. The van der Waals surface area contributed by atoms with E-state index in [0.29, 0.717) is 18.9 Å². The Morgan fingerprint density at radius 1 is 1.64 bits per heavy atom. The number of aliphatic hydroxyl groups excluding tert-OH is 1. The Morgan fingerprint density at radius 3 is 3.00 bits per heavy atom. The van der Waals surface area contributed by atoms with Crippen LogP contribution in [0, 0.1) is 0 Å². The average molecular weight is 200 g/mol. The maximum Gasteiger partial charge on any atom is 0.220 e. The van der Waals surface area contributed by atoms with Gasteiger partial charge in [-0.3, -0.25) is 4.79 Å². The van der Waals surface area contributed by atoms with Crippen molar-refractivity contribution < 1.29 is 9.90 Å². The minimum atomic E-state index is 0.0550. The van der Waals surface area contributed by atoms with Gasteiger partial charge in [-0.05, 0) is 32.9 Å². The summed E-state index contributed by atoms with van der Waals surface area (Å²) in [6, 6.07) is 0.507. The number of carbonyl (C=O) groups is 1. The standard InChI is InChI=1S/C10H20N2O2/c1-12-6-2-4-9(12)8-11-10(14)5-3-7-13/h9,13H,2-8H2,1H3,(H,11,14). The Kier molecular flexibility index (Phi) is 4.90. The molecule has 1 aliphatic rings. The summed E-state index contributed by atoms with van der Waals surface area (Å²) in [5.41, 5.74) is 0. The van der Waals surface area contributed by atoms with Crippen molar-refractivity contribution in [3.8, 4) is 0 Å². The fraction of sp³-hybridized carbons (Fsp3) is 0.900. The molecular weight excluding hydrogens is 180 g/mol. The van der Waals surface area contributed by atoms with E-state index in [0.717, 1.165) is 13.1 Å². The van der Waals surface area contributed by atoms with Crippen molar-refractivity contribution in [2.75, 3.05) is 26.7 Å². The van der Waals surface area contributed by atoms with Crippen LogP contribution >= 0.6 is 0 Å². The van der Waals surface area contributed by atoms with Crippen LogP contribution in [0.2, 0.25) is 0 Å². The molecule has 2 N–H and O–H groups in total. The summed E-state index contributed by atoms with van der Waals surface area (Å²) in [4.78, 5) is 13.5. The van der Waals surface area contributed by atoms with E-state index in [4.69, 9.17) is 5.11 Å². The first kappa shape index (κ1) is 11.5. The molecule has 14 heavy (non-hydrogen) atoms. The molecule has 0 bridgehead atoms. The summed E-state index contributed by atoms with van der Waals surface area (Å²) < 4.78 is 0. The summed E-state index contributed by atoms with van der Waals surface area (Å²) in [6.45, 7) is 1.98. The molecule has 0 radical (unpaired) electrons. The van der Waals surface area contributed by atoms with E-state index in [1.165, 1.54) is 12.8 Å². The molecule has 0 aliphatic carbocycles. The molecule has 1 fully saturated rings. The number of hydrogen-bond donors (Lipinski definition) is 2. The molecule has 1 aliphatic heterocycles. The number of aliphatic hydroxyl groups is 1. The number of hydrogen-bond acceptors (Lipinski definition) is 3. The van der Waals surface area contributed by atoms with Crippen molar-refractivity contribution in [3.05, 3.63) is 0 Å². The summed E-state index contributed by atoms with van der Waals surface area (Å²) in [5, 5.41) is 11.4. The maximum absolute atomic E-state index is 11.2. The van der Waals surface area contributed by atoms with Crippen LogP contribution in [0.1, 0.15) is 25.7 Å². The van der Waals surface area contributed by atoms with Crippen LogP contribution in [-0.2, 0) is 4.79 Å². The third-order valence-electron chi connectivity index (χ3n) is 2.77. The van der Waals surface area contributed by atoms with Gasteiger partial charge in [0.1, 0.15) is 0 Å². The molecule has 1 rings (SSSR count). The molecule has 1 heterocycles. The lowest BCUT2D eigenvalue weighted by Gasteiger charge is -2.19. The number of likely N-dealkylation sites (tertiary alicyclic amines) is 1. The van der Waals surface area contributed by atoms with Gasteiger partial charge < -0.3 is 15.3 Å². The highest BCUT2D eigenvalue weighted by Gasteiger charge is 2.20. The first-order valence-electron chi connectivity index (χ1n) is 5.32. The van der Waals surface area contributed by atoms with Crippen LogP contribution in [0.3, 0.4) is 0 Å². The summed E-state index contributed by atoms with van der Waals surface area (Å²) in [5.74, 6) is 0.0550.